The van der Waals surface area contributed by atoms with Gasteiger partial charge in [0.2, 0.25) is 0 Å². The lowest BCUT2D eigenvalue weighted by Gasteiger charge is -2.11. The van der Waals surface area contributed by atoms with Crippen molar-refractivity contribution in [2.24, 2.45) is 5.73 Å². The number of anilines is 1. The minimum absolute atomic E-state index is 0.803. The highest BCUT2D eigenvalue weighted by Gasteiger charge is 2.05. The summed E-state index contributed by atoms with van der Waals surface area (Å²) in [7, 11) is 1.50. The van der Waals surface area contributed by atoms with Crippen LogP contribution in [0.25, 0.3) is 0 Å². The number of rotatable bonds is 3. The molecule has 0 fully saturated rings. The maximum Gasteiger partial charge on any atom is 0.130 e. The van der Waals surface area contributed by atoms with Crippen molar-refractivity contribution in [3.63, 3.8) is 0 Å². The second-order valence-electron chi connectivity index (χ2n) is 4.26. The first-order valence-corrected chi connectivity index (χ1v) is 7.59. The summed E-state index contributed by atoms with van der Waals surface area (Å²) >= 11 is 1.70. The van der Waals surface area contributed by atoms with Crippen molar-refractivity contribution in [2.45, 2.75) is 18.7 Å². The molecule has 4 heteroatoms. The Morgan fingerprint density at radius 3 is 2.35 bits per heavy atom. The predicted octanol–water partition coefficient (Wildman–Crippen LogP) is 3.97. The van der Waals surface area contributed by atoms with Crippen LogP contribution < -0.4 is 16.2 Å². The lowest BCUT2D eigenvalue weighted by molar-refractivity contribution is 0.477. The zero-order valence-corrected chi connectivity index (χ0v) is 13.3. The number of aryl methyl sites for hydroxylation is 2. The van der Waals surface area contributed by atoms with Gasteiger partial charge in [-0.15, -0.1) is 11.8 Å². The van der Waals surface area contributed by atoms with E-state index in [2.05, 4.69) is 18.1 Å². The van der Waals surface area contributed by atoms with Crippen molar-refractivity contribution in [2.75, 3.05) is 19.0 Å². The zero-order valence-electron chi connectivity index (χ0n) is 12.4. The normalized spacial score (nSPS) is 9.65. The molecule has 0 radical (unpaired) electrons. The van der Waals surface area contributed by atoms with E-state index in [1.165, 1.54) is 11.9 Å². The van der Waals surface area contributed by atoms with Crippen LogP contribution in [0.2, 0.25) is 0 Å². The minimum Gasteiger partial charge on any atom is -0.457 e. The summed E-state index contributed by atoms with van der Waals surface area (Å²) in [6.07, 6.45) is 2.05. The van der Waals surface area contributed by atoms with Crippen molar-refractivity contribution in [1.29, 1.82) is 0 Å². The van der Waals surface area contributed by atoms with Crippen molar-refractivity contribution in [1.82, 2.24) is 0 Å². The number of hydrogen-bond donors (Lipinski definition) is 2. The number of hydrogen-bond acceptors (Lipinski definition) is 4. The average molecular weight is 290 g/mol. The summed E-state index contributed by atoms with van der Waals surface area (Å²) in [6, 6.07) is 12.0. The molecule has 108 valence electrons. The molecule has 0 bridgehead atoms. The van der Waals surface area contributed by atoms with Gasteiger partial charge >= 0.3 is 0 Å². The van der Waals surface area contributed by atoms with E-state index in [1.807, 2.05) is 44.2 Å². The van der Waals surface area contributed by atoms with E-state index >= 15 is 0 Å². The van der Waals surface area contributed by atoms with Crippen LogP contribution >= 0.6 is 11.8 Å². The van der Waals surface area contributed by atoms with E-state index in [4.69, 9.17) is 10.5 Å². The summed E-state index contributed by atoms with van der Waals surface area (Å²) in [6.45, 7) is 3.99. The predicted molar refractivity (Wildman–Crippen MR) is 88.7 cm³/mol. The SMILES string of the molecule is CN.CSc1cccc(Oc2cc(C)c(N)cc2C)c1. The number of ether oxygens (including phenoxy) is 1. The first kappa shape index (κ1) is 16.4. The van der Waals surface area contributed by atoms with Crippen LogP contribution in [0.5, 0.6) is 11.5 Å². The van der Waals surface area contributed by atoms with Crippen molar-refractivity contribution < 1.29 is 4.74 Å². The molecule has 20 heavy (non-hydrogen) atoms. The number of thioether (sulfide) groups is 1. The van der Waals surface area contributed by atoms with Gasteiger partial charge in [0, 0.05) is 10.6 Å². The Bertz CT molecular complexity index is 570. The van der Waals surface area contributed by atoms with Crippen LogP contribution in [-0.4, -0.2) is 13.3 Å². The Hall–Kier alpha value is -1.65. The van der Waals surface area contributed by atoms with Gasteiger partial charge in [0.15, 0.2) is 0 Å². The number of nitrogen functional groups attached to an aromatic ring is 1. The van der Waals surface area contributed by atoms with Gasteiger partial charge in [-0.1, -0.05) is 6.07 Å². The van der Waals surface area contributed by atoms with E-state index in [9.17, 15) is 0 Å². The summed E-state index contributed by atoms with van der Waals surface area (Å²) in [5.74, 6) is 1.72. The molecule has 2 rings (SSSR count). The molecular formula is C16H22N2OS. The molecule has 0 atom stereocenters. The van der Waals surface area contributed by atoms with Crippen LogP contribution in [-0.2, 0) is 0 Å². The van der Waals surface area contributed by atoms with Gasteiger partial charge in [-0.3, -0.25) is 0 Å². The molecule has 2 aromatic rings. The Morgan fingerprint density at radius 1 is 1.00 bits per heavy atom. The third-order valence-corrected chi connectivity index (χ3v) is 3.56. The summed E-state index contributed by atoms with van der Waals surface area (Å²) in [5, 5.41) is 0. The van der Waals surface area contributed by atoms with Gasteiger partial charge < -0.3 is 16.2 Å². The molecule has 0 amide bonds. The molecule has 0 aliphatic rings. The van der Waals surface area contributed by atoms with E-state index in [0.717, 1.165) is 28.3 Å². The Kier molecular flexibility index (Phi) is 6.42. The average Bonchev–Trinajstić information content (AvgIpc) is 2.47. The first-order valence-electron chi connectivity index (χ1n) is 6.36. The van der Waals surface area contributed by atoms with Crippen LogP contribution in [0, 0.1) is 13.8 Å². The van der Waals surface area contributed by atoms with E-state index in [1.54, 1.807) is 11.8 Å². The van der Waals surface area contributed by atoms with Crippen LogP contribution in [0.4, 0.5) is 5.69 Å². The largest absolute Gasteiger partial charge is 0.457 e. The highest BCUT2D eigenvalue weighted by Crippen LogP contribution is 2.30. The Labute approximate surface area is 125 Å². The molecule has 0 aliphatic carbocycles. The second kappa shape index (κ2) is 7.82. The number of nitrogens with two attached hydrogens (primary N) is 2. The molecule has 0 aliphatic heterocycles. The molecule has 0 heterocycles. The Balaban J connectivity index is 0.000000956. The standard InChI is InChI=1S/C15H17NOS.CH5N/c1-10-8-15(11(2)7-14(10)16)17-12-5-4-6-13(9-12)18-3;1-2/h4-9H,16H2,1-3H3;2H2,1H3. The minimum atomic E-state index is 0.803. The molecule has 0 saturated heterocycles. The molecule has 0 aromatic heterocycles. The molecule has 3 nitrogen and oxygen atoms in total. The molecular weight excluding hydrogens is 268 g/mol. The molecule has 4 N–H and O–H groups in total. The fourth-order valence-corrected chi connectivity index (χ4v) is 2.16. The first-order chi connectivity index (χ1) is 9.60. The smallest absolute Gasteiger partial charge is 0.130 e. The fraction of sp³-hybridized carbons (Fsp3) is 0.250. The van der Waals surface area contributed by atoms with Gasteiger partial charge in [0.25, 0.3) is 0 Å². The molecule has 0 unspecified atom stereocenters. The van der Waals surface area contributed by atoms with Gasteiger partial charge in [-0.2, -0.15) is 0 Å². The molecule has 2 aromatic carbocycles. The van der Waals surface area contributed by atoms with Crippen molar-refractivity contribution in [3.05, 3.63) is 47.5 Å². The van der Waals surface area contributed by atoms with Crippen molar-refractivity contribution >= 4 is 17.4 Å². The van der Waals surface area contributed by atoms with Gasteiger partial charge in [0.05, 0.1) is 0 Å². The second-order valence-corrected chi connectivity index (χ2v) is 5.13. The fourth-order valence-electron chi connectivity index (χ4n) is 1.71. The van der Waals surface area contributed by atoms with E-state index < -0.39 is 0 Å². The van der Waals surface area contributed by atoms with Crippen LogP contribution in [0.15, 0.2) is 41.3 Å². The highest BCUT2D eigenvalue weighted by atomic mass is 32.2. The lowest BCUT2D eigenvalue weighted by atomic mass is 10.1. The maximum absolute atomic E-state index is 5.92. The van der Waals surface area contributed by atoms with Crippen LogP contribution in [0.1, 0.15) is 11.1 Å². The van der Waals surface area contributed by atoms with Crippen molar-refractivity contribution in [3.8, 4) is 11.5 Å². The van der Waals surface area contributed by atoms with Gasteiger partial charge in [-0.05, 0) is 68.6 Å². The molecule has 0 saturated carbocycles. The van der Waals surface area contributed by atoms with Gasteiger partial charge in [-0.25, -0.2) is 0 Å². The summed E-state index contributed by atoms with van der Waals surface area (Å²) in [5.41, 5.74) is 13.3. The third kappa shape index (κ3) is 4.18. The van der Waals surface area contributed by atoms with E-state index in [-0.39, 0.29) is 0 Å². The van der Waals surface area contributed by atoms with Gasteiger partial charge in [0.1, 0.15) is 11.5 Å². The Morgan fingerprint density at radius 2 is 1.70 bits per heavy atom. The van der Waals surface area contributed by atoms with E-state index in [0.29, 0.717) is 0 Å². The maximum atomic E-state index is 5.92. The quantitative estimate of drug-likeness (QED) is 0.663. The third-order valence-electron chi connectivity index (χ3n) is 2.83. The topological polar surface area (TPSA) is 61.3 Å². The molecule has 0 spiro atoms. The lowest BCUT2D eigenvalue weighted by Crippen LogP contribution is -1.94. The van der Waals surface area contributed by atoms with Crippen LogP contribution in [0.3, 0.4) is 0 Å². The zero-order chi connectivity index (χ0) is 15.1. The number of benzene rings is 2. The monoisotopic (exact) mass is 290 g/mol. The summed E-state index contributed by atoms with van der Waals surface area (Å²) in [4.78, 5) is 1.19. The highest BCUT2D eigenvalue weighted by molar-refractivity contribution is 7.98. The summed E-state index contributed by atoms with van der Waals surface area (Å²) < 4.78 is 5.92.